The molecule has 3 aromatic rings. The fourth-order valence-corrected chi connectivity index (χ4v) is 2.15. The number of para-hydroxylation sites is 1. The Bertz CT molecular complexity index is 940. The molecule has 8 heteroatoms. The first-order valence-electron chi connectivity index (χ1n) is 6.15. The maximum absolute atomic E-state index is 12.3. The molecule has 0 saturated heterocycles. The van der Waals surface area contributed by atoms with Gasteiger partial charge in [0.25, 0.3) is 5.88 Å². The predicted octanol–water partition coefficient (Wildman–Crippen LogP) is 2.39. The zero-order valence-electron chi connectivity index (χ0n) is 10.9. The molecule has 2 heterocycles. The molecular weight excluding hydrogens is 294 g/mol. The quantitative estimate of drug-likeness (QED) is 0.776. The molecule has 2 aromatic heterocycles. The van der Waals surface area contributed by atoms with Crippen molar-refractivity contribution in [1.82, 2.24) is 15.0 Å². The average Bonchev–Trinajstić information content (AvgIpc) is 2.93. The number of halogens is 2. The zero-order valence-corrected chi connectivity index (χ0v) is 10.9. The zero-order chi connectivity index (χ0) is 15.7. The third-order valence-electron chi connectivity index (χ3n) is 3.07. The van der Waals surface area contributed by atoms with Crippen LogP contribution < -0.4 is 10.3 Å². The van der Waals surface area contributed by atoms with E-state index in [1.165, 1.54) is 6.20 Å². The molecule has 0 aliphatic rings. The van der Waals surface area contributed by atoms with Gasteiger partial charge in [0.05, 0.1) is 16.8 Å². The van der Waals surface area contributed by atoms with Crippen molar-refractivity contribution in [3.63, 3.8) is 0 Å². The van der Waals surface area contributed by atoms with Crippen molar-refractivity contribution in [3.05, 3.63) is 46.5 Å². The van der Waals surface area contributed by atoms with Crippen LogP contribution in [-0.4, -0.2) is 21.6 Å². The fourth-order valence-electron chi connectivity index (χ4n) is 2.15. The summed E-state index contributed by atoms with van der Waals surface area (Å²) in [6.07, 6.45) is 2.88. The smallest absolute Gasteiger partial charge is 0.388 e. The molecule has 0 spiro atoms. The molecule has 22 heavy (non-hydrogen) atoms. The van der Waals surface area contributed by atoms with Gasteiger partial charge in [0.2, 0.25) is 0 Å². The number of rotatable bonds is 3. The van der Waals surface area contributed by atoms with E-state index in [1.54, 1.807) is 24.4 Å². The predicted molar refractivity (Wildman–Crippen MR) is 73.5 cm³/mol. The van der Waals surface area contributed by atoms with Gasteiger partial charge in [-0.15, -0.1) is 0 Å². The number of alkyl halides is 2. The summed E-state index contributed by atoms with van der Waals surface area (Å²) in [5.74, 6) is -0.710. The Balaban J connectivity index is 2.16. The molecule has 0 amide bonds. The molecule has 110 valence electrons. The topological polar surface area (TPSA) is 94.6 Å². The van der Waals surface area contributed by atoms with Gasteiger partial charge in [-0.25, -0.2) is 4.98 Å². The fraction of sp³-hybridized carbons (Fsp3) is 0.0714. The normalized spacial score (nSPS) is 10.8. The molecule has 1 aromatic carbocycles. The van der Waals surface area contributed by atoms with E-state index in [1.807, 2.05) is 6.07 Å². The van der Waals surface area contributed by atoms with Gasteiger partial charge >= 0.3 is 12.2 Å². The Labute approximate surface area is 122 Å². The van der Waals surface area contributed by atoms with Crippen LogP contribution >= 0.6 is 0 Å². The molecule has 0 fully saturated rings. The highest BCUT2D eigenvalue weighted by Crippen LogP contribution is 2.28. The summed E-state index contributed by atoms with van der Waals surface area (Å²) in [5, 5.41) is 9.74. The molecule has 0 aliphatic heterocycles. The number of H-pyrrole nitrogens is 2. The molecule has 3 rings (SSSR count). The summed E-state index contributed by atoms with van der Waals surface area (Å²) in [7, 11) is 0. The van der Waals surface area contributed by atoms with Gasteiger partial charge in [0, 0.05) is 23.3 Å². The Morgan fingerprint density at radius 3 is 2.82 bits per heavy atom. The highest BCUT2D eigenvalue weighted by atomic mass is 19.3. The summed E-state index contributed by atoms with van der Waals surface area (Å²) in [6, 6.07) is 7.14. The molecule has 0 unspecified atom stereocenters. The van der Waals surface area contributed by atoms with Crippen molar-refractivity contribution in [1.29, 1.82) is 5.26 Å². The van der Waals surface area contributed by atoms with Crippen LogP contribution in [0.25, 0.3) is 22.2 Å². The van der Waals surface area contributed by atoms with E-state index in [9.17, 15) is 13.6 Å². The van der Waals surface area contributed by atoms with E-state index in [4.69, 9.17) is 5.26 Å². The van der Waals surface area contributed by atoms with Gasteiger partial charge < -0.3 is 14.7 Å². The van der Waals surface area contributed by atoms with Crippen LogP contribution in [0.3, 0.4) is 0 Å². The average molecular weight is 302 g/mol. The van der Waals surface area contributed by atoms with Crippen molar-refractivity contribution < 1.29 is 13.5 Å². The summed E-state index contributed by atoms with van der Waals surface area (Å²) >= 11 is 0. The summed E-state index contributed by atoms with van der Waals surface area (Å²) in [4.78, 5) is 20.5. The maximum atomic E-state index is 12.3. The Morgan fingerprint density at radius 1 is 1.27 bits per heavy atom. The van der Waals surface area contributed by atoms with Gasteiger partial charge in [-0.3, -0.25) is 4.79 Å². The molecule has 0 saturated carbocycles. The molecule has 2 N–H and O–H groups in total. The van der Waals surface area contributed by atoms with Gasteiger partial charge in [-0.2, -0.15) is 14.0 Å². The standard InChI is InChI=1S/C14H8F2N4O2/c15-14(16)22-13-12(21)19-6-10(20-13)9-5-18-11-7(4-17)2-1-3-8(9)11/h1-3,5-6,14,18H,(H,19,21). The summed E-state index contributed by atoms with van der Waals surface area (Å²) in [6.45, 7) is -3.14. The van der Waals surface area contributed by atoms with Crippen molar-refractivity contribution >= 4 is 10.9 Å². The van der Waals surface area contributed by atoms with E-state index in [0.29, 0.717) is 22.0 Å². The van der Waals surface area contributed by atoms with E-state index >= 15 is 0 Å². The van der Waals surface area contributed by atoms with Crippen molar-refractivity contribution in [3.8, 4) is 23.2 Å². The Kier molecular flexibility index (Phi) is 3.31. The second-order valence-electron chi connectivity index (χ2n) is 4.34. The number of fused-ring (bicyclic) bond motifs is 1. The minimum absolute atomic E-state index is 0.247. The number of benzene rings is 1. The monoisotopic (exact) mass is 302 g/mol. The largest absolute Gasteiger partial charge is 0.412 e. The number of nitrogens with zero attached hydrogens (tertiary/aromatic N) is 2. The number of hydrogen-bond donors (Lipinski definition) is 2. The molecule has 0 atom stereocenters. The highest BCUT2D eigenvalue weighted by Gasteiger charge is 2.15. The van der Waals surface area contributed by atoms with Crippen LogP contribution in [0, 0.1) is 11.3 Å². The molecule has 0 radical (unpaired) electrons. The second kappa shape index (κ2) is 5.29. The number of hydrogen-bond acceptors (Lipinski definition) is 4. The van der Waals surface area contributed by atoms with Crippen molar-refractivity contribution in [2.75, 3.05) is 0 Å². The van der Waals surface area contributed by atoms with Gasteiger partial charge in [0.1, 0.15) is 6.07 Å². The van der Waals surface area contributed by atoms with Gasteiger partial charge in [-0.05, 0) is 6.07 Å². The number of aromatic nitrogens is 3. The third-order valence-corrected chi connectivity index (χ3v) is 3.07. The number of ether oxygens (including phenoxy) is 1. The maximum Gasteiger partial charge on any atom is 0.388 e. The van der Waals surface area contributed by atoms with Crippen LogP contribution in [0.1, 0.15) is 5.56 Å². The third kappa shape index (κ3) is 2.29. The van der Waals surface area contributed by atoms with Crippen molar-refractivity contribution in [2.24, 2.45) is 0 Å². The molecule has 0 aliphatic carbocycles. The van der Waals surface area contributed by atoms with Gasteiger partial charge in [-0.1, -0.05) is 12.1 Å². The number of nitriles is 1. The molecule has 6 nitrogen and oxygen atoms in total. The van der Waals surface area contributed by atoms with Crippen LogP contribution in [0.5, 0.6) is 5.88 Å². The Morgan fingerprint density at radius 2 is 2.09 bits per heavy atom. The van der Waals surface area contributed by atoms with E-state index in [0.717, 1.165) is 0 Å². The first-order valence-corrected chi connectivity index (χ1v) is 6.15. The van der Waals surface area contributed by atoms with Crippen LogP contribution in [0.4, 0.5) is 8.78 Å². The molecule has 0 bridgehead atoms. The van der Waals surface area contributed by atoms with Crippen LogP contribution in [0.15, 0.2) is 35.4 Å². The van der Waals surface area contributed by atoms with Gasteiger partial charge in [0.15, 0.2) is 0 Å². The van der Waals surface area contributed by atoms with Crippen LogP contribution in [-0.2, 0) is 0 Å². The van der Waals surface area contributed by atoms with Crippen molar-refractivity contribution in [2.45, 2.75) is 6.61 Å². The number of aromatic amines is 2. The second-order valence-corrected chi connectivity index (χ2v) is 4.34. The minimum atomic E-state index is -3.14. The minimum Gasteiger partial charge on any atom is -0.412 e. The van der Waals surface area contributed by atoms with E-state index in [-0.39, 0.29) is 5.69 Å². The van der Waals surface area contributed by atoms with E-state index in [2.05, 4.69) is 19.7 Å². The summed E-state index contributed by atoms with van der Waals surface area (Å²) < 4.78 is 28.6. The first-order chi connectivity index (χ1) is 10.6. The van der Waals surface area contributed by atoms with E-state index < -0.39 is 18.1 Å². The molecular formula is C14H8F2N4O2. The summed E-state index contributed by atoms with van der Waals surface area (Å²) in [5.41, 5.74) is 1.00. The lowest BCUT2D eigenvalue weighted by atomic mass is 10.1. The first kappa shape index (κ1) is 13.8. The number of nitrogens with one attached hydrogen (secondary N) is 2. The Hall–Kier alpha value is -3.21. The highest BCUT2D eigenvalue weighted by molar-refractivity contribution is 5.97. The SMILES string of the molecule is N#Cc1cccc2c(-c3c[nH]c(=O)c(OC(F)F)n3)c[nH]c12. The lowest BCUT2D eigenvalue weighted by Crippen LogP contribution is -2.16. The van der Waals surface area contributed by atoms with Crippen LogP contribution in [0.2, 0.25) is 0 Å². The lowest BCUT2D eigenvalue weighted by Gasteiger charge is -2.04. The lowest BCUT2D eigenvalue weighted by molar-refractivity contribution is -0.0538.